The van der Waals surface area contributed by atoms with E-state index in [1.807, 2.05) is 36.4 Å². The van der Waals surface area contributed by atoms with Gasteiger partial charge in [-0.3, -0.25) is 9.59 Å². The van der Waals surface area contributed by atoms with Gasteiger partial charge in [-0.1, -0.05) is 13.8 Å². The number of aryl methyl sites for hydroxylation is 1. The minimum absolute atomic E-state index is 0.0173. The Labute approximate surface area is 192 Å². The number of thioether (sulfide) groups is 1. The molecular weight excluding hydrogens is 422 g/mol. The topological polar surface area (TPSA) is 74.4 Å². The fraction of sp³-hybridized carbons (Fsp3) is 0.360. The molecule has 4 rings (SSSR count). The summed E-state index contributed by atoms with van der Waals surface area (Å²) in [5.41, 5.74) is 3.96. The molecule has 6 nitrogen and oxygen atoms in total. The van der Waals surface area contributed by atoms with Crippen molar-refractivity contribution in [3.8, 4) is 5.75 Å². The fourth-order valence-corrected chi connectivity index (χ4v) is 5.00. The monoisotopic (exact) mass is 451 g/mol. The Bertz CT molecular complexity index is 1150. The van der Waals surface area contributed by atoms with Crippen LogP contribution in [0.5, 0.6) is 5.75 Å². The van der Waals surface area contributed by atoms with Crippen LogP contribution in [0, 0.1) is 0 Å². The molecule has 1 aliphatic rings. The van der Waals surface area contributed by atoms with Crippen LogP contribution < -0.4 is 15.6 Å². The minimum atomic E-state index is -0.174. The van der Waals surface area contributed by atoms with E-state index in [2.05, 4.69) is 29.0 Å². The standard InChI is InChI=1S/C25H29N3O3S/c1-3-28(4-2)12-13-31-19-8-6-18(7-9-19)26-24(29)17-5-10-23-21(15-17)20-11-14-32-16-22(20)25(30)27-23/h5-10,15H,3-4,11-14,16H2,1-2H3,(H,26,29)(H,27,30). The second kappa shape index (κ2) is 10.2. The highest BCUT2D eigenvalue weighted by Gasteiger charge is 2.18. The summed E-state index contributed by atoms with van der Waals surface area (Å²) in [5, 5.41) is 3.92. The number of carbonyl (C=O) groups is 1. The van der Waals surface area contributed by atoms with Crippen LogP contribution in [0.4, 0.5) is 5.69 Å². The van der Waals surface area contributed by atoms with Gasteiger partial charge in [-0.2, -0.15) is 11.8 Å². The van der Waals surface area contributed by atoms with E-state index in [0.717, 1.165) is 65.3 Å². The smallest absolute Gasteiger partial charge is 0.255 e. The second-order valence-electron chi connectivity index (χ2n) is 7.83. The largest absolute Gasteiger partial charge is 0.492 e. The zero-order valence-electron chi connectivity index (χ0n) is 18.6. The molecule has 0 bridgehead atoms. The molecule has 7 heteroatoms. The first-order valence-corrected chi connectivity index (χ1v) is 12.3. The van der Waals surface area contributed by atoms with Gasteiger partial charge in [0.2, 0.25) is 0 Å². The van der Waals surface area contributed by atoms with E-state index in [9.17, 15) is 9.59 Å². The Morgan fingerprint density at radius 2 is 1.91 bits per heavy atom. The SMILES string of the molecule is CCN(CC)CCOc1ccc(NC(=O)c2ccc3[nH]c(=O)c4c(c3c2)CCSC4)cc1. The van der Waals surface area contributed by atoms with Gasteiger partial charge in [0.15, 0.2) is 0 Å². The van der Waals surface area contributed by atoms with Crippen molar-refractivity contribution < 1.29 is 9.53 Å². The third-order valence-corrected chi connectivity index (χ3v) is 6.90. The van der Waals surface area contributed by atoms with Crippen molar-refractivity contribution in [1.82, 2.24) is 9.88 Å². The van der Waals surface area contributed by atoms with Crippen molar-refractivity contribution >= 4 is 34.3 Å². The number of likely N-dealkylation sites (N-methyl/N-ethyl adjacent to an activating group) is 1. The number of aromatic amines is 1. The van der Waals surface area contributed by atoms with Crippen LogP contribution in [-0.4, -0.2) is 47.8 Å². The number of ether oxygens (including phenoxy) is 1. The molecule has 1 aromatic heterocycles. The van der Waals surface area contributed by atoms with Gasteiger partial charge in [-0.15, -0.1) is 0 Å². The lowest BCUT2D eigenvalue weighted by Crippen LogP contribution is -2.27. The number of aromatic nitrogens is 1. The summed E-state index contributed by atoms with van der Waals surface area (Å²) in [6.45, 7) is 7.83. The molecule has 0 radical (unpaired) electrons. The molecule has 0 aliphatic carbocycles. The Kier molecular flexibility index (Phi) is 7.17. The van der Waals surface area contributed by atoms with E-state index >= 15 is 0 Å². The number of benzene rings is 2. The Morgan fingerprint density at radius 3 is 2.66 bits per heavy atom. The number of amides is 1. The van der Waals surface area contributed by atoms with Crippen molar-refractivity contribution in [2.45, 2.75) is 26.0 Å². The first-order valence-electron chi connectivity index (χ1n) is 11.1. The number of hydrogen-bond donors (Lipinski definition) is 2. The summed E-state index contributed by atoms with van der Waals surface area (Å²) in [4.78, 5) is 30.5. The predicted molar refractivity (Wildman–Crippen MR) is 132 cm³/mol. The van der Waals surface area contributed by atoms with Crippen LogP contribution in [-0.2, 0) is 12.2 Å². The molecule has 1 aliphatic heterocycles. The summed E-state index contributed by atoms with van der Waals surface area (Å²) in [6, 6.07) is 12.9. The normalized spacial score (nSPS) is 13.2. The molecule has 0 unspecified atom stereocenters. The summed E-state index contributed by atoms with van der Waals surface area (Å²) < 4.78 is 5.81. The molecule has 3 aromatic rings. The Balaban J connectivity index is 1.44. The number of nitrogens with zero attached hydrogens (tertiary/aromatic N) is 1. The van der Waals surface area contributed by atoms with Crippen LogP contribution in [0.25, 0.3) is 10.9 Å². The van der Waals surface area contributed by atoms with Crippen molar-refractivity contribution in [2.24, 2.45) is 0 Å². The van der Waals surface area contributed by atoms with Crippen molar-refractivity contribution in [3.63, 3.8) is 0 Å². The maximum absolute atomic E-state index is 12.9. The molecule has 0 spiro atoms. The van der Waals surface area contributed by atoms with Crippen LogP contribution in [0.15, 0.2) is 47.3 Å². The van der Waals surface area contributed by atoms with Gasteiger partial charge in [-0.25, -0.2) is 0 Å². The number of nitrogens with one attached hydrogen (secondary N) is 2. The van der Waals surface area contributed by atoms with E-state index in [1.165, 1.54) is 0 Å². The minimum Gasteiger partial charge on any atom is -0.492 e. The van der Waals surface area contributed by atoms with Gasteiger partial charge < -0.3 is 19.9 Å². The maximum atomic E-state index is 12.9. The molecule has 2 heterocycles. The van der Waals surface area contributed by atoms with E-state index < -0.39 is 0 Å². The van der Waals surface area contributed by atoms with Gasteiger partial charge in [0.1, 0.15) is 12.4 Å². The number of anilines is 1. The van der Waals surface area contributed by atoms with Crippen LogP contribution >= 0.6 is 11.8 Å². The zero-order valence-corrected chi connectivity index (χ0v) is 19.4. The van der Waals surface area contributed by atoms with E-state index in [1.54, 1.807) is 17.8 Å². The maximum Gasteiger partial charge on any atom is 0.255 e. The quantitative estimate of drug-likeness (QED) is 0.534. The highest BCUT2D eigenvalue weighted by Crippen LogP contribution is 2.28. The highest BCUT2D eigenvalue weighted by molar-refractivity contribution is 7.98. The highest BCUT2D eigenvalue weighted by atomic mass is 32.2. The molecule has 168 valence electrons. The zero-order chi connectivity index (χ0) is 22.5. The first-order chi connectivity index (χ1) is 15.6. The third-order valence-electron chi connectivity index (χ3n) is 5.92. The molecule has 1 amide bonds. The predicted octanol–water partition coefficient (Wildman–Crippen LogP) is 4.29. The molecule has 2 aromatic carbocycles. The summed E-state index contributed by atoms with van der Waals surface area (Å²) in [5.74, 6) is 2.33. The summed E-state index contributed by atoms with van der Waals surface area (Å²) in [7, 11) is 0. The van der Waals surface area contributed by atoms with Crippen molar-refractivity contribution in [1.29, 1.82) is 0 Å². The average Bonchev–Trinajstić information content (AvgIpc) is 2.83. The van der Waals surface area contributed by atoms with Gasteiger partial charge in [0.05, 0.1) is 0 Å². The lowest BCUT2D eigenvalue weighted by atomic mass is 9.99. The number of rotatable bonds is 8. The molecule has 0 saturated heterocycles. The second-order valence-corrected chi connectivity index (χ2v) is 8.93. The fourth-order valence-electron chi connectivity index (χ4n) is 4.00. The molecular formula is C25H29N3O3S. The van der Waals surface area contributed by atoms with Crippen LogP contribution in [0.2, 0.25) is 0 Å². The molecule has 0 atom stereocenters. The van der Waals surface area contributed by atoms with Gasteiger partial charge in [0.25, 0.3) is 11.5 Å². The molecule has 0 saturated carbocycles. The number of carbonyl (C=O) groups excluding carboxylic acids is 1. The molecule has 32 heavy (non-hydrogen) atoms. The summed E-state index contributed by atoms with van der Waals surface area (Å²) in [6.07, 6.45) is 0.848. The average molecular weight is 452 g/mol. The molecule has 0 fully saturated rings. The van der Waals surface area contributed by atoms with Crippen molar-refractivity contribution in [2.75, 3.05) is 37.3 Å². The first kappa shape index (κ1) is 22.4. The van der Waals surface area contributed by atoms with E-state index in [4.69, 9.17) is 4.74 Å². The van der Waals surface area contributed by atoms with E-state index in [-0.39, 0.29) is 11.5 Å². The van der Waals surface area contributed by atoms with Gasteiger partial charge in [-0.05, 0) is 73.3 Å². The number of fused-ring (bicyclic) bond motifs is 3. The number of H-pyrrole nitrogens is 1. The lowest BCUT2D eigenvalue weighted by Gasteiger charge is -2.18. The molecule has 2 N–H and O–H groups in total. The number of hydrogen-bond acceptors (Lipinski definition) is 5. The summed E-state index contributed by atoms with van der Waals surface area (Å²) >= 11 is 1.77. The van der Waals surface area contributed by atoms with Gasteiger partial charge in [0, 0.05) is 40.0 Å². The van der Waals surface area contributed by atoms with Crippen LogP contribution in [0.1, 0.15) is 35.3 Å². The Morgan fingerprint density at radius 1 is 1.12 bits per heavy atom. The number of pyridine rings is 1. The van der Waals surface area contributed by atoms with Crippen molar-refractivity contribution in [3.05, 3.63) is 69.5 Å². The Hall–Kier alpha value is -2.77. The lowest BCUT2D eigenvalue weighted by molar-refractivity contribution is 0.102. The van der Waals surface area contributed by atoms with Gasteiger partial charge >= 0.3 is 0 Å². The van der Waals surface area contributed by atoms with E-state index in [0.29, 0.717) is 17.9 Å². The van der Waals surface area contributed by atoms with Crippen LogP contribution in [0.3, 0.4) is 0 Å². The third kappa shape index (κ3) is 5.00.